The third-order valence-corrected chi connectivity index (χ3v) is 1.47. The third-order valence-electron chi connectivity index (χ3n) is 1.47. The summed E-state index contributed by atoms with van der Waals surface area (Å²) in [7, 11) is 0. The van der Waals surface area contributed by atoms with Gasteiger partial charge in [0.05, 0.1) is 12.6 Å². The van der Waals surface area contributed by atoms with Crippen LogP contribution in [0.3, 0.4) is 0 Å². The Morgan fingerprint density at radius 1 is 1.60 bits per heavy atom. The summed E-state index contributed by atoms with van der Waals surface area (Å²) in [6, 6.07) is -0.0767. The van der Waals surface area contributed by atoms with Crippen LogP contribution >= 0.6 is 0 Å². The van der Waals surface area contributed by atoms with Crippen molar-refractivity contribution in [2.75, 3.05) is 6.61 Å². The second kappa shape index (κ2) is 2.75. The highest BCUT2D eigenvalue weighted by atomic mass is 16.3. The molecule has 1 aliphatic heterocycles. The molecule has 3 N–H and O–H groups in total. The van der Waals surface area contributed by atoms with Crippen molar-refractivity contribution in [3.63, 3.8) is 0 Å². The van der Waals surface area contributed by atoms with Crippen molar-refractivity contribution in [1.29, 1.82) is 0 Å². The quantitative estimate of drug-likeness (QED) is 0.492. The summed E-state index contributed by atoms with van der Waals surface area (Å²) < 4.78 is 0. The summed E-state index contributed by atoms with van der Waals surface area (Å²) in [4.78, 5) is 0. The van der Waals surface area contributed by atoms with E-state index in [1.807, 2.05) is 6.92 Å². The zero-order valence-electron chi connectivity index (χ0n) is 5.83. The molecule has 1 atom stereocenters. The number of hydrogen-bond acceptors (Lipinski definition) is 3. The lowest BCUT2D eigenvalue weighted by Crippen LogP contribution is -2.30. The molecule has 0 saturated carbocycles. The van der Waals surface area contributed by atoms with E-state index in [-0.39, 0.29) is 12.6 Å². The Balaban J connectivity index is 2.68. The van der Waals surface area contributed by atoms with Crippen molar-refractivity contribution in [2.24, 2.45) is 0 Å². The van der Waals surface area contributed by atoms with Gasteiger partial charge in [-0.25, -0.2) is 0 Å². The molecule has 0 fully saturated rings. The second-order valence-corrected chi connectivity index (χ2v) is 2.31. The molecule has 0 spiro atoms. The van der Waals surface area contributed by atoms with E-state index in [0.717, 1.165) is 5.70 Å². The van der Waals surface area contributed by atoms with E-state index in [1.165, 1.54) is 0 Å². The summed E-state index contributed by atoms with van der Waals surface area (Å²) in [5, 5.41) is 20.6. The van der Waals surface area contributed by atoms with E-state index in [2.05, 4.69) is 5.32 Å². The lowest BCUT2D eigenvalue weighted by molar-refractivity contribution is 0.303. The minimum atomic E-state index is -0.0767. The van der Waals surface area contributed by atoms with Gasteiger partial charge in [-0.2, -0.15) is 0 Å². The van der Waals surface area contributed by atoms with Crippen molar-refractivity contribution in [3.8, 4) is 0 Å². The van der Waals surface area contributed by atoms with Gasteiger partial charge in [-0.3, -0.25) is 0 Å². The van der Waals surface area contributed by atoms with Crippen LogP contribution in [-0.2, 0) is 0 Å². The number of aliphatic hydroxyl groups is 2. The lowest BCUT2D eigenvalue weighted by atomic mass is 10.2. The summed E-state index contributed by atoms with van der Waals surface area (Å²) in [6.07, 6.45) is 3.25. The van der Waals surface area contributed by atoms with E-state index >= 15 is 0 Å². The van der Waals surface area contributed by atoms with Gasteiger partial charge in [-0.15, -0.1) is 0 Å². The Morgan fingerprint density at radius 2 is 2.30 bits per heavy atom. The molecule has 3 nitrogen and oxygen atoms in total. The monoisotopic (exact) mass is 141 g/mol. The highest BCUT2D eigenvalue weighted by Crippen LogP contribution is 2.06. The average Bonchev–Trinajstić information content (AvgIpc) is 1.95. The molecule has 1 rings (SSSR count). The molecule has 1 heterocycles. The van der Waals surface area contributed by atoms with Crippen LogP contribution in [0.2, 0.25) is 0 Å². The van der Waals surface area contributed by atoms with Crippen molar-refractivity contribution in [3.05, 3.63) is 23.6 Å². The van der Waals surface area contributed by atoms with Gasteiger partial charge in [0.15, 0.2) is 0 Å². The first kappa shape index (κ1) is 7.15. The van der Waals surface area contributed by atoms with Gasteiger partial charge in [0.2, 0.25) is 0 Å². The molecule has 0 aromatic rings. The molecule has 1 unspecified atom stereocenters. The molecule has 1 aliphatic rings. The summed E-state index contributed by atoms with van der Waals surface area (Å²) >= 11 is 0. The number of aliphatic hydroxyl groups excluding tert-OH is 2. The highest BCUT2D eigenvalue weighted by molar-refractivity contribution is 5.22. The number of allylic oxidation sites excluding steroid dienone is 2. The molecule has 0 amide bonds. The van der Waals surface area contributed by atoms with Gasteiger partial charge < -0.3 is 15.5 Å². The summed E-state index contributed by atoms with van der Waals surface area (Å²) in [5.41, 5.74) is 0.741. The van der Waals surface area contributed by atoms with Gasteiger partial charge in [-0.1, -0.05) is 0 Å². The molecule has 0 saturated heterocycles. The number of nitrogens with one attached hydrogen (secondary N) is 1. The lowest BCUT2D eigenvalue weighted by Gasteiger charge is -2.19. The zero-order chi connectivity index (χ0) is 7.56. The van der Waals surface area contributed by atoms with Gasteiger partial charge in [0.1, 0.15) is 5.76 Å². The fourth-order valence-corrected chi connectivity index (χ4v) is 0.829. The largest absolute Gasteiger partial charge is 0.510 e. The Kier molecular flexibility index (Phi) is 1.97. The fraction of sp³-hybridized carbons (Fsp3) is 0.429. The SMILES string of the molecule is CC1NC(CO)=CC=C1O. The molecule has 56 valence electrons. The maximum Gasteiger partial charge on any atom is 0.114 e. The predicted molar refractivity (Wildman–Crippen MR) is 38.5 cm³/mol. The van der Waals surface area contributed by atoms with Gasteiger partial charge in [0, 0.05) is 5.70 Å². The topological polar surface area (TPSA) is 52.5 Å². The van der Waals surface area contributed by atoms with Crippen molar-refractivity contribution in [2.45, 2.75) is 13.0 Å². The molecule has 0 bridgehead atoms. The fourth-order valence-electron chi connectivity index (χ4n) is 0.829. The first-order chi connectivity index (χ1) is 4.74. The van der Waals surface area contributed by atoms with Crippen molar-refractivity contribution in [1.82, 2.24) is 5.32 Å². The second-order valence-electron chi connectivity index (χ2n) is 2.31. The maximum absolute atomic E-state index is 9.06. The molecule has 0 radical (unpaired) electrons. The van der Waals surface area contributed by atoms with Crippen LogP contribution in [0.5, 0.6) is 0 Å². The van der Waals surface area contributed by atoms with Crippen molar-refractivity contribution >= 4 is 0 Å². The smallest absolute Gasteiger partial charge is 0.114 e. The summed E-state index contributed by atoms with van der Waals surface area (Å²) in [6.45, 7) is 1.82. The standard InChI is InChI=1S/C7H11NO2/c1-5-7(10)3-2-6(4-9)8-5/h2-3,5,8-10H,4H2,1H3. The van der Waals surface area contributed by atoms with Crippen LogP contribution in [0.25, 0.3) is 0 Å². The maximum atomic E-state index is 9.06. The third kappa shape index (κ3) is 1.30. The minimum absolute atomic E-state index is 0.00583. The van der Waals surface area contributed by atoms with E-state index in [1.54, 1.807) is 12.2 Å². The molecule has 0 aliphatic carbocycles. The number of rotatable bonds is 1. The van der Waals surface area contributed by atoms with Crippen LogP contribution < -0.4 is 5.32 Å². The normalized spacial score (nSPS) is 24.8. The van der Waals surface area contributed by atoms with E-state index in [0.29, 0.717) is 5.76 Å². The van der Waals surface area contributed by atoms with Crippen molar-refractivity contribution < 1.29 is 10.2 Å². The van der Waals surface area contributed by atoms with E-state index in [4.69, 9.17) is 10.2 Å². The number of dihydropyridines is 1. The molecule has 0 aromatic carbocycles. The molecular formula is C7H11NO2. The van der Waals surface area contributed by atoms with Crippen LogP contribution in [0.4, 0.5) is 0 Å². The first-order valence-electron chi connectivity index (χ1n) is 3.21. The van der Waals surface area contributed by atoms with E-state index < -0.39 is 0 Å². The van der Waals surface area contributed by atoms with Gasteiger partial charge >= 0.3 is 0 Å². The Hall–Kier alpha value is -0.960. The van der Waals surface area contributed by atoms with Crippen LogP contribution in [0, 0.1) is 0 Å². The predicted octanol–water partition coefficient (Wildman–Crippen LogP) is 0.296. The van der Waals surface area contributed by atoms with E-state index in [9.17, 15) is 0 Å². The Morgan fingerprint density at radius 3 is 2.80 bits per heavy atom. The Bertz CT molecular complexity index is 184. The van der Waals surface area contributed by atoms with Crippen LogP contribution in [-0.4, -0.2) is 22.9 Å². The molecular weight excluding hydrogens is 130 g/mol. The Labute approximate surface area is 59.7 Å². The first-order valence-corrected chi connectivity index (χ1v) is 3.21. The minimum Gasteiger partial charge on any atom is -0.510 e. The van der Waals surface area contributed by atoms with Gasteiger partial charge in [0.25, 0.3) is 0 Å². The molecule has 3 heteroatoms. The zero-order valence-corrected chi connectivity index (χ0v) is 5.83. The average molecular weight is 141 g/mol. The highest BCUT2D eigenvalue weighted by Gasteiger charge is 2.10. The molecule has 0 aromatic heterocycles. The van der Waals surface area contributed by atoms with Crippen LogP contribution in [0.15, 0.2) is 23.6 Å². The number of hydrogen-bond donors (Lipinski definition) is 3. The summed E-state index contributed by atoms with van der Waals surface area (Å²) in [5.74, 6) is 0.303. The van der Waals surface area contributed by atoms with Crippen LogP contribution in [0.1, 0.15) is 6.92 Å². The molecule has 10 heavy (non-hydrogen) atoms. The van der Waals surface area contributed by atoms with Gasteiger partial charge in [-0.05, 0) is 19.1 Å².